The van der Waals surface area contributed by atoms with E-state index in [0.29, 0.717) is 11.8 Å². The monoisotopic (exact) mass is 206 g/mol. The maximum Gasteiger partial charge on any atom is 0.153 e. The van der Waals surface area contributed by atoms with Crippen molar-refractivity contribution < 1.29 is 15.0 Å². The first-order valence-electron chi connectivity index (χ1n) is 4.57. The van der Waals surface area contributed by atoms with E-state index in [9.17, 15) is 15.0 Å². The number of carbonyl (C=O) groups is 1. The molecular formula is C12H14O3. The highest BCUT2D eigenvalue weighted by Gasteiger charge is 2.21. The fourth-order valence-corrected chi connectivity index (χ4v) is 1.31. The Kier molecular flexibility index (Phi) is 2.84. The summed E-state index contributed by atoms with van der Waals surface area (Å²) in [6, 6.07) is 2.64. The molecule has 0 unspecified atom stereocenters. The van der Waals surface area contributed by atoms with Crippen LogP contribution >= 0.6 is 0 Å². The lowest BCUT2D eigenvalue weighted by Crippen LogP contribution is -2.13. The van der Waals surface area contributed by atoms with E-state index in [1.54, 1.807) is 6.08 Å². The van der Waals surface area contributed by atoms with Crippen molar-refractivity contribution >= 4 is 6.29 Å². The number of carbonyl (C=O) groups excluding carboxylic acids is 1. The zero-order valence-corrected chi connectivity index (χ0v) is 8.82. The Morgan fingerprint density at radius 1 is 1.27 bits per heavy atom. The van der Waals surface area contributed by atoms with Gasteiger partial charge in [-0.2, -0.15) is 0 Å². The summed E-state index contributed by atoms with van der Waals surface area (Å²) in [6.07, 6.45) is 2.23. The van der Waals surface area contributed by atoms with Crippen molar-refractivity contribution in [2.45, 2.75) is 19.3 Å². The number of rotatable bonds is 3. The Bertz CT molecular complexity index is 406. The molecule has 80 valence electrons. The number of benzene rings is 1. The normalized spacial score (nSPS) is 11.1. The van der Waals surface area contributed by atoms with Crippen LogP contribution in [0.2, 0.25) is 0 Å². The van der Waals surface area contributed by atoms with E-state index >= 15 is 0 Å². The van der Waals surface area contributed by atoms with Crippen molar-refractivity contribution in [2.24, 2.45) is 0 Å². The first-order chi connectivity index (χ1) is 6.92. The van der Waals surface area contributed by atoms with Crippen LogP contribution in [0.5, 0.6) is 11.5 Å². The number of phenolic OH excluding ortho intramolecular Hbond substituents is 2. The Morgan fingerprint density at radius 2 is 1.87 bits per heavy atom. The molecule has 0 heterocycles. The number of hydrogen-bond donors (Lipinski definition) is 2. The van der Waals surface area contributed by atoms with Crippen LogP contribution < -0.4 is 0 Å². The van der Waals surface area contributed by atoms with E-state index in [0.717, 1.165) is 0 Å². The fourth-order valence-electron chi connectivity index (χ4n) is 1.31. The molecule has 0 radical (unpaired) electrons. The minimum atomic E-state index is -0.449. The molecule has 0 aliphatic rings. The molecule has 1 aromatic rings. The van der Waals surface area contributed by atoms with Gasteiger partial charge in [0, 0.05) is 17.0 Å². The smallest absolute Gasteiger partial charge is 0.153 e. The molecule has 0 fully saturated rings. The molecular weight excluding hydrogens is 192 g/mol. The number of allylic oxidation sites excluding steroid dienone is 1. The van der Waals surface area contributed by atoms with E-state index in [4.69, 9.17) is 0 Å². The van der Waals surface area contributed by atoms with Gasteiger partial charge in [-0.3, -0.25) is 4.79 Å². The molecule has 0 aliphatic heterocycles. The quantitative estimate of drug-likeness (QED) is 0.589. The summed E-state index contributed by atoms with van der Waals surface area (Å²) in [5.74, 6) is -0.255. The average molecular weight is 206 g/mol. The molecule has 0 amide bonds. The molecule has 0 aromatic heterocycles. The molecule has 1 rings (SSSR count). The van der Waals surface area contributed by atoms with Crippen LogP contribution in [-0.4, -0.2) is 16.5 Å². The maximum atomic E-state index is 10.6. The van der Waals surface area contributed by atoms with Crippen LogP contribution in [0.1, 0.15) is 29.8 Å². The summed E-state index contributed by atoms with van der Waals surface area (Å²) in [4.78, 5) is 10.6. The highest BCUT2D eigenvalue weighted by atomic mass is 16.3. The molecule has 0 bridgehead atoms. The third-order valence-corrected chi connectivity index (χ3v) is 2.48. The lowest BCUT2D eigenvalue weighted by atomic mass is 9.83. The molecule has 3 heteroatoms. The Labute approximate surface area is 88.7 Å². The van der Waals surface area contributed by atoms with Crippen LogP contribution in [0.4, 0.5) is 0 Å². The van der Waals surface area contributed by atoms with Gasteiger partial charge in [0.25, 0.3) is 0 Å². The highest BCUT2D eigenvalue weighted by Crippen LogP contribution is 2.35. The van der Waals surface area contributed by atoms with Crippen LogP contribution in [0, 0.1) is 0 Å². The second-order valence-corrected chi connectivity index (χ2v) is 3.97. The molecule has 0 spiro atoms. The molecule has 0 aliphatic carbocycles. The molecule has 0 atom stereocenters. The van der Waals surface area contributed by atoms with Gasteiger partial charge >= 0.3 is 0 Å². The summed E-state index contributed by atoms with van der Waals surface area (Å²) < 4.78 is 0. The van der Waals surface area contributed by atoms with Crippen LogP contribution in [-0.2, 0) is 5.41 Å². The van der Waals surface area contributed by atoms with Crippen LogP contribution in [0.25, 0.3) is 0 Å². The lowest BCUT2D eigenvalue weighted by molar-refractivity contribution is 0.112. The van der Waals surface area contributed by atoms with Gasteiger partial charge in [-0.15, -0.1) is 6.58 Å². The minimum Gasteiger partial charge on any atom is -0.507 e. The minimum absolute atomic E-state index is 0.0389. The number of aromatic hydroxyl groups is 2. The number of hydrogen-bond acceptors (Lipinski definition) is 3. The van der Waals surface area contributed by atoms with Crippen LogP contribution in [0.15, 0.2) is 24.8 Å². The first kappa shape index (κ1) is 11.3. The largest absolute Gasteiger partial charge is 0.507 e. The summed E-state index contributed by atoms with van der Waals surface area (Å²) in [5.41, 5.74) is 0.283. The maximum absolute atomic E-state index is 10.6. The van der Waals surface area contributed by atoms with Gasteiger partial charge in [0.05, 0.1) is 5.56 Å². The molecule has 2 N–H and O–H groups in total. The highest BCUT2D eigenvalue weighted by molar-refractivity contribution is 5.80. The van der Waals surface area contributed by atoms with E-state index in [1.807, 2.05) is 13.8 Å². The van der Waals surface area contributed by atoms with Crippen molar-refractivity contribution in [3.05, 3.63) is 35.9 Å². The van der Waals surface area contributed by atoms with Crippen molar-refractivity contribution in [1.82, 2.24) is 0 Å². The molecule has 15 heavy (non-hydrogen) atoms. The predicted octanol–water partition coefficient (Wildman–Crippen LogP) is 2.37. The molecule has 0 saturated carbocycles. The SMILES string of the molecule is C=CC(C)(C)c1cc(C=O)c(O)cc1O. The van der Waals surface area contributed by atoms with Crippen molar-refractivity contribution in [2.75, 3.05) is 0 Å². The molecule has 0 saturated heterocycles. The second-order valence-electron chi connectivity index (χ2n) is 3.97. The van der Waals surface area contributed by atoms with Crippen LogP contribution in [0.3, 0.4) is 0 Å². The zero-order valence-electron chi connectivity index (χ0n) is 8.82. The van der Waals surface area contributed by atoms with E-state index in [2.05, 4.69) is 6.58 Å². The Morgan fingerprint density at radius 3 is 2.33 bits per heavy atom. The second kappa shape index (κ2) is 3.77. The summed E-state index contributed by atoms with van der Waals surface area (Å²) >= 11 is 0. The summed E-state index contributed by atoms with van der Waals surface area (Å²) in [6.45, 7) is 7.39. The fraction of sp³-hybridized carbons (Fsp3) is 0.250. The van der Waals surface area contributed by atoms with Crippen molar-refractivity contribution in [3.8, 4) is 11.5 Å². The van der Waals surface area contributed by atoms with E-state index in [-0.39, 0.29) is 17.1 Å². The lowest BCUT2D eigenvalue weighted by Gasteiger charge is -2.22. The number of phenols is 2. The van der Waals surface area contributed by atoms with Gasteiger partial charge in [-0.1, -0.05) is 19.9 Å². The van der Waals surface area contributed by atoms with Gasteiger partial charge in [0.1, 0.15) is 11.5 Å². The van der Waals surface area contributed by atoms with Gasteiger partial charge in [-0.25, -0.2) is 0 Å². The average Bonchev–Trinajstić information content (AvgIpc) is 2.17. The van der Waals surface area contributed by atoms with Gasteiger partial charge in [0.2, 0.25) is 0 Å². The Hall–Kier alpha value is -1.77. The van der Waals surface area contributed by atoms with Gasteiger partial charge < -0.3 is 10.2 Å². The molecule has 1 aromatic carbocycles. The summed E-state index contributed by atoms with van der Waals surface area (Å²) in [5, 5.41) is 19.0. The Balaban J connectivity index is 3.43. The van der Waals surface area contributed by atoms with Gasteiger partial charge in [0.15, 0.2) is 6.29 Å². The molecule has 3 nitrogen and oxygen atoms in total. The third kappa shape index (κ3) is 2.01. The van der Waals surface area contributed by atoms with E-state index in [1.165, 1.54) is 12.1 Å². The number of aldehydes is 1. The van der Waals surface area contributed by atoms with Crippen molar-refractivity contribution in [1.29, 1.82) is 0 Å². The predicted molar refractivity (Wildman–Crippen MR) is 58.4 cm³/mol. The summed E-state index contributed by atoms with van der Waals surface area (Å²) in [7, 11) is 0. The first-order valence-corrected chi connectivity index (χ1v) is 4.57. The standard InChI is InChI=1S/C12H14O3/c1-4-12(2,3)9-5-8(7-13)10(14)6-11(9)15/h4-7,14-15H,1H2,2-3H3. The zero-order chi connectivity index (χ0) is 11.6. The van der Waals surface area contributed by atoms with Gasteiger partial charge in [-0.05, 0) is 6.07 Å². The van der Waals surface area contributed by atoms with Crippen molar-refractivity contribution in [3.63, 3.8) is 0 Å². The third-order valence-electron chi connectivity index (χ3n) is 2.48. The topological polar surface area (TPSA) is 57.5 Å². The van der Waals surface area contributed by atoms with E-state index < -0.39 is 5.41 Å².